The molecule has 1 aliphatic heterocycles. The highest BCUT2D eigenvalue weighted by Crippen LogP contribution is 2.34. The second-order valence-electron chi connectivity index (χ2n) is 6.37. The van der Waals surface area contributed by atoms with Gasteiger partial charge in [-0.15, -0.1) is 0 Å². The van der Waals surface area contributed by atoms with Gasteiger partial charge in [0.2, 0.25) is 0 Å². The number of methoxy groups -OCH3 is 1. The number of benzene rings is 3. The monoisotopic (exact) mass is 436 g/mol. The van der Waals surface area contributed by atoms with Gasteiger partial charge in [0.15, 0.2) is 0 Å². The fraction of sp³-hybridized carbons (Fsp3) is 0.0909. The van der Waals surface area contributed by atoms with Gasteiger partial charge in [-0.2, -0.15) is 0 Å². The molecule has 28 heavy (non-hydrogen) atoms. The Labute approximate surface area is 171 Å². The molecule has 6 heteroatoms. The van der Waals surface area contributed by atoms with E-state index in [1.54, 1.807) is 29.2 Å². The van der Waals surface area contributed by atoms with Gasteiger partial charge in [-0.25, -0.2) is 0 Å². The van der Waals surface area contributed by atoms with Crippen molar-refractivity contribution in [2.45, 2.75) is 6.54 Å². The lowest BCUT2D eigenvalue weighted by Crippen LogP contribution is -2.23. The third-order valence-corrected chi connectivity index (χ3v) is 5.38. The fourth-order valence-electron chi connectivity index (χ4n) is 3.25. The topological polar surface area (TPSA) is 58.6 Å². The lowest BCUT2D eigenvalue weighted by molar-refractivity contribution is 0.0994. The Kier molecular flexibility index (Phi) is 4.88. The number of hydrogen-bond donors (Lipinski definition) is 1. The highest BCUT2D eigenvalue weighted by Gasteiger charge is 2.28. The fourth-order valence-corrected chi connectivity index (χ4v) is 3.71. The van der Waals surface area contributed by atoms with Gasteiger partial charge in [0, 0.05) is 21.8 Å². The minimum absolute atomic E-state index is 0.0392. The van der Waals surface area contributed by atoms with Gasteiger partial charge in [0.25, 0.3) is 11.8 Å². The van der Waals surface area contributed by atoms with Gasteiger partial charge < -0.3 is 15.0 Å². The molecule has 0 radical (unpaired) electrons. The molecule has 4 rings (SSSR count). The number of carbonyl (C=O) groups is 2. The molecule has 3 aromatic carbocycles. The number of amides is 2. The number of carbonyl (C=O) groups excluding carboxylic acids is 2. The molecule has 0 spiro atoms. The molecule has 0 aliphatic carbocycles. The molecule has 140 valence electrons. The van der Waals surface area contributed by atoms with Crippen LogP contribution in [0.15, 0.2) is 71.2 Å². The van der Waals surface area contributed by atoms with E-state index in [0.29, 0.717) is 33.6 Å². The minimum atomic E-state index is -0.247. The maximum absolute atomic E-state index is 12.7. The van der Waals surface area contributed by atoms with Gasteiger partial charge in [-0.1, -0.05) is 30.3 Å². The first kappa shape index (κ1) is 18.3. The molecule has 0 unspecified atom stereocenters. The molecule has 3 aromatic rings. The highest BCUT2D eigenvalue weighted by atomic mass is 79.9. The predicted molar refractivity (Wildman–Crippen MR) is 112 cm³/mol. The van der Waals surface area contributed by atoms with Crippen LogP contribution in [0.4, 0.5) is 11.4 Å². The number of fused-ring (bicyclic) bond motifs is 1. The van der Waals surface area contributed by atoms with Crippen LogP contribution in [0, 0.1) is 0 Å². The van der Waals surface area contributed by atoms with Crippen LogP contribution in [0.3, 0.4) is 0 Å². The van der Waals surface area contributed by atoms with Crippen molar-refractivity contribution >= 4 is 39.1 Å². The van der Waals surface area contributed by atoms with Crippen LogP contribution in [0.2, 0.25) is 0 Å². The van der Waals surface area contributed by atoms with Gasteiger partial charge >= 0.3 is 0 Å². The molecular weight excluding hydrogens is 420 g/mol. The van der Waals surface area contributed by atoms with Gasteiger partial charge in [0.05, 0.1) is 24.9 Å². The molecule has 0 saturated carbocycles. The number of nitrogens with zero attached hydrogens (tertiary/aromatic N) is 1. The molecule has 1 aliphatic rings. The van der Waals surface area contributed by atoms with E-state index in [0.717, 1.165) is 11.3 Å². The van der Waals surface area contributed by atoms with Crippen LogP contribution in [-0.2, 0) is 6.54 Å². The van der Waals surface area contributed by atoms with E-state index in [9.17, 15) is 9.59 Å². The van der Waals surface area contributed by atoms with Crippen LogP contribution in [0.5, 0.6) is 5.75 Å². The van der Waals surface area contributed by atoms with Crippen molar-refractivity contribution < 1.29 is 14.3 Å². The van der Waals surface area contributed by atoms with Gasteiger partial charge in [-0.3, -0.25) is 9.59 Å². The van der Waals surface area contributed by atoms with Crippen LogP contribution in [-0.4, -0.2) is 18.9 Å². The van der Waals surface area contributed by atoms with Crippen molar-refractivity contribution in [2.75, 3.05) is 17.3 Å². The van der Waals surface area contributed by atoms with Crippen molar-refractivity contribution in [2.24, 2.45) is 0 Å². The van der Waals surface area contributed by atoms with Gasteiger partial charge in [-0.05, 0) is 51.8 Å². The number of halogens is 1. The molecule has 0 atom stereocenters. The SMILES string of the molecule is COc1cc(N2Cc3ccccc3C2=O)ccc1NC(=O)c1ccccc1Br. The summed E-state index contributed by atoms with van der Waals surface area (Å²) >= 11 is 3.39. The molecule has 0 fully saturated rings. The van der Waals surface area contributed by atoms with E-state index >= 15 is 0 Å². The van der Waals surface area contributed by atoms with E-state index in [1.165, 1.54) is 7.11 Å². The largest absolute Gasteiger partial charge is 0.494 e. The Hall–Kier alpha value is -3.12. The number of ether oxygens (including phenoxy) is 1. The number of rotatable bonds is 4. The van der Waals surface area contributed by atoms with Crippen LogP contribution in [0.1, 0.15) is 26.3 Å². The van der Waals surface area contributed by atoms with Crippen LogP contribution < -0.4 is 15.0 Å². The summed E-state index contributed by atoms with van der Waals surface area (Å²) in [6, 6.07) is 20.1. The summed E-state index contributed by atoms with van der Waals surface area (Å²) in [6.07, 6.45) is 0. The number of nitrogens with one attached hydrogen (secondary N) is 1. The molecule has 1 heterocycles. The van der Waals surface area contributed by atoms with Crippen molar-refractivity contribution in [3.63, 3.8) is 0 Å². The molecule has 0 saturated heterocycles. The van der Waals surface area contributed by atoms with Crippen molar-refractivity contribution in [1.29, 1.82) is 0 Å². The summed E-state index contributed by atoms with van der Waals surface area (Å²) in [7, 11) is 1.54. The Morgan fingerprint density at radius 1 is 1.07 bits per heavy atom. The average Bonchev–Trinajstić information content (AvgIpc) is 3.05. The molecule has 0 aromatic heterocycles. The maximum atomic E-state index is 12.7. The van der Waals surface area contributed by atoms with Crippen LogP contribution in [0.25, 0.3) is 0 Å². The first-order valence-corrected chi connectivity index (χ1v) is 9.51. The van der Waals surface area contributed by atoms with E-state index in [1.807, 2.05) is 42.5 Å². The quantitative estimate of drug-likeness (QED) is 0.634. The Balaban J connectivity index is 1.60. The molecule has 1 N–H and O–H groups in total. The summed E-state index contributed by atoms with van der Waals surface area (Å²) in [6.45, 7) is 0.515. The summed E-state index contributed by atoms with van der Waals surface area (Å²) in [4.78, 5) is 27.0. The summed E-state index contributed by atoms with van der Waals surface area (Å²) in [5, 5.41) is 2.87. The summed E-state index contributed by atoms with van der Waals surface area (Å²) in [5.74, 6) is 0.201. The second kappa shape index (κ2) is 7.48. The minimum Gasteiger partial charge on any atom is -0.494 e. The lowest BCUT2D eigenvalue weighted by atomic mass is 10.1. The summed E-state index contributed by atoms with van der Waals surface area (Å²) < 4.78 is 6.17. The summed E-state index contributed by atoms with van der Waals surface area (Å²) in [5.41, 5.74) is 3.50. The lowest BCUT2D eigenvalue weighted by Gasteiger charge is -2.18. The maximum Gasteiger partial charge on any atom is 0.258 e. The van der Waals surface area contributed by atoms with E-state index in [4.69, 9.17) is 4.74 Å². The number of hydrogen-bond acceptors (Lipinski definition) is 3. The standard InChI is InChI=1S/C22H17BrN2O3/c1-28-20-12-15(25-13-14-6-2-3-7-16(14)22(25)27)10-11-19(20)24-21(26)17-8-4-5-9-18(17)23/h2-12H,13H2,1H3,(H,24,26). The van der Waals surface area contributed by atoms with E-state index < -0.39 is 0 Å². The smallest absolute Gasteiger partial charge is 0.258 e. The average molecular weight is 437 g/mol. The van der Waals surface area contributed by atoms with Crippen molar-refractivity contribution in [3.05, 3.63) is 87.9 Å². The molecule has 2 amide bonds. The molecular formula is C22H17BrN2O3. The van der Waals surface area contributed by atoms with Crippen LogP contribution >= 0.6 is 15.9 Å². The normalized spacial score (nSPS) is 12.6. The zero-order valence-corrected chi connectivity index (χ0v) is 16.7. The van der Waals surface area contributed by atoms with Gasteiger partial charge in [0.1, 0.15) is 5.75 Å². The Morgan fingerprint density at radius 2 is 1.82 bits per heavy atom. The second-order valence-corrected chi connectivity index (χ2v) is 7.22. The number of anilines is 2. The third-order valence-electron chi connectivity index (χ3n) is 4.68. The third kappa shape index (κ3) is 3.27. The van der Waals surface area contributed by atoms with Crippen molar-refractivity contribution in [3.8, 4) is 5.75 Å². The highest BCUT2D eigenvalue weighted by molar-refractivity contribution is 9.10. The first-order valence-electron chi connectivity index (χ1n) is 8.72. The first-order chi connectivity index (χ1) is 13.6. The van der Waals surface area contributed by atoms with E-state index in [-0.39, 0.29) is 11.8 Å². The zero-order valence-electron chi connectivity index (χ0n) is 15.1. The zero-order chi connectivity index (χ0) is 19.7. The Morgan fingerprint density at radius 3 is 2.57 bits per heavy atom. The predicted octanol–water partition coefficient (Wildman–Crippen LogP) is 4.87. The molecule has 0 bridgehead atoms. The van der Waals surface area contributed by atoms with E-state index in [2.05, 4.69) is 21.2 Å². The molecule has 5 nitrogen and oxygen atoms in total. The van der Waals surface area contributed by atoms with Crippen molar-refractivity contribution in [1.82, 2.24) is 0 Å². The Bertz CT molecular complexity index is 1080.